The van der Waals surface area contributed by atoms with Crippen molar-refractivity contribution >= 4 is 29.1 Å². The number of aryl methyl sites for hydroxylation is 1. The molecule has 0 unspecified atom stereocenters. The third-order valence-corrected chi connectivity index (χ3v) is 1.87. The van der Waals surface area contributed by atoms with Gasteiger partial charge in [-0.1, -0.05) is 23.2 Å². The lowest BCUT2D eigenvalue weighted by atomic mass is 10.2. The van der Waals surface area contributed by atoms with E-state index in [1.54, 1.807) is 6.92 Å². The van der Waals surface area contributed by atoms with Gasteiger partial charge in [0.2, 0.25) is 0 Å². The number of carbonyl (C=O) groups is 1. The number of hydrogen-bond donors (Lipinski definition) is 1. The summed E-state index contributed by atoms with van der Waals surface area (Å²) in [6.45, 7) is 1.72. The normalized spacial score (nSPS) is 9.92. The van der Waals surface area contributed by atoms with Crippen molar-refractivity contribution in [2.24, 2.45) is 5.73 Å². The summed E-state index contributed by atoms with van der Waals surface area (Å²) in [7, 11) is 0. The highest BCUT2D eigenvalue weighted by Gasteiger charge is 2.12. The van der Waals surface area contributed by atoms with Crippen LogP contribution in [0.4, 0.5) is 0 Å². The lowest BCUT2D eigenvalue weighted by Gasteiger charge is -2.02. The van der Waals surface area contributed by atoms with E-state index in [1.165, 1.54) is 6.07 Å². The van der Waals surface area contributed by atoms with Crippen molar-refractivity contribution in [2.45, 2.75) is 6.92 Å². The van der Waals surface area contributed by atoms with Crippen molar-refractivity contribution < 1.29 is 4.79 Å². The summed E-state index contributed by atoms with van der Waals surface area (Å²) in [6.07, 6.45) is 0. The molecule has 0 aromatic carbocycles. The van der Waals surface area contributed by atoms with Crippen LogP contribution in [0.5, 0.6) is 0 Å². The van der Waals surface area contributed by atoms with E-state index in [9.17, 15) is 4.79 Å². The Kier molecular flexibility index (Phi) is 2.55. The largest absolute Gasteiger partial charge is 0.365 e. The van der Waals surface area contributed by atoms with E-state index in [0.717, 1.165) is 0 Å². The first-order chi connectivity index (χ1) is 5.52. The Hall–Kier alpha value is -0.800. The molecule has 3 nitrogen and oxygen atoms in total. The summed E-state index contributed by atoms with van der Waals surface area (Å²) in [5.74, 6) is -0.669. The number of nitrogens with zero attached hydrogens (tertiary/aromatic N) is 1. The third kappa shape index (κ3) is 1.68. The molecule has 2 N–H and O–H groups in total. The fourth-order valence-electron chi connectivity index (χ4n) is 0.816. The lowest BCUT2D eigenvalue weighted by Crippen LogP contribution is -2.13. The average Bonchev–Trinajstić information content (AvgIpc) is 1.82. The summed E-state index contributed by atoms with van der Waals surface area (Å²) in [4.78, 5) is 14.6. The summed E-state index contributed by atoms with van der Waals surface area (Å²) in [5.41, 5.74) is 5.74. The number of nitrogens with two attached hydrogens (primary N) is 1. The maximum absolute atomic E-state index is 10.8. The molecule has 1 amide bonds. The van der Waals surface area contributed by atoms with Gasteiger partial charge in [0.25, 0.3) is 5.91 Å². The van der Waals surface area contributed by atoms with Gasteiger partial charge in [-0.3, -0.25) is 4.79 Å². The molecule has 0 fully saturated rings. The van der Waals surface area contributed by atoms with Crippen LogP contribution in [0.25, 0.3) is 0 Å². The molecule has 0 saturated carbocycles. The van der Waals surface area contributed by atoms with E-state index in [0.29, 0.717) is 5.69 Å². The second-order valence-corrected chi connectivity index (χ2v) is 3.04. The molecular weight excluding hydrogens is 199 g/mol. The van der Waals surface area contributed by atoms with Gasteiger partial charge in [0, 0.05) is 5.69 Å². The first-order valence-electron chi connectivity index (χ1n) is 3.15. The second kappa shape index (κ2) is 3.29. The van der Waals surface area contributed by atoms with Crippen LogP contribution in [-0.2, 0) is 0 Å². The molecule has 5 heteroatoms. The highest BCUT2D eigenvalue weighted by atomic mass is 35.5. The van der Waals surface area contributed by atoms with E-state index in [-0.39, 0.29) is 15.7 Å². The molecule has 1 heterocycles. The van der Waals surface area contributed by atoms with Crippen LogP contribution in [-0.4, -0.2) is 10.9 Å². The van der Waals surface area contributed by atoms with Gasteiger partial charge in [-0.15, -0.1) is 0 Å². The first kappa shape index (κ1) is 9.29. The number of primary amides is 1. The van der Waals surface area contributed by atoms with Crippen molar-refractivity contribution in [1.29, 1.82) is 0 Å². The number of pyridine rings is 1. The molecule has 1 aromatic rings. The molecule has 0 spiro atoms. The maximum atomic E-state index is 10.8. The number of amides is 1. The number of hydrogen-bond acceptors (Lipinski definition) is 2. The van der Waals surface area contributed by atoms with Gasteiger partial charge in [0.1, 0.15) is 5.15 Å². The Balaban J connectivity index is 3.38. The fraction of sp³-hybridized carbons (Fsp3) is 0.143. The van der Waals surface area contributed by atoms with Crippen LogP contribution in [0, 0.1) is 6.92 Å². The van der Waals surface area contributed by atoms with Gasteiger partial charge in [0.05, 0.1) is 10.6 Å². The molecule has 0 radical (unpaired) electrons. The van der Waals surface area contributed by atoms with E-state index in [2.05, 4.69) is 4.98 Å². The highest BCUT2D eigenvalue weighted by molar-refractivity contribution is 6.38. The van der Waals surface area contributed by atoms with Gasteiger partial charge in [0.15, 0.2) is 0 Å². The van der Waals surface area contributed by atoms with E-state index in [1.807, 2.05) is 0 Å². The van der Waals surface area contributed by atoms with E-state index >= 15 is 0 Å². The minimum atomic E-state index is -0.669. The minimum absolute atomic E-state index is 0.0486. The van der Waals surface area contributed by atoms with Crippen LogP contribution in [0.1, 0.15) is 16.1 Å². The minimum Gasteiger partial charge on any atom is -0.365 e. The molecule has 64 valence electrons. The smallest absolute Gasteiger partial charge is 0.253 e. The zero-order chi connectivity index (χ0) is 9.30. The van der Waals surface area contributed by atoms with Gasteiger partial charge in [-0.25, -0.2) is 4.98 Å². The van der Waals surface area contributed by atoms with E-state index in [4.69, 9.17) is 28.9 Å². The van der Waals surface area contributed by atoms with Crippen LogP contribution >= 0.6 is 23.2 Å². The third-order valence-electron chi connectivity index (χ3n) is 1.30. The maximum Gasteiger partial charge on any atom is 0.253 e. The molecule has 1 aromatic heterocycles. The summed E-state index contributed by atoms with van der Waals surface area (Å²) >= 11 is 11.3. The fourth-order valence-corrected chi connectivity index (χ4v) is 1.53. The summed E-state index contributed by atoms with van der Waals surface area (Å²) < 4.78 is 0. The highest BCUT2D eigenvalue weighted by Crippen LogP contribution is 2.22. The Labute approximate surface area is 79.5 Å². The molecule has 0 aliphatic carbocycles. The van der Waals surface area contributed by atoms with Crippen molar-refractivity contribution in [1.82, 2.24) is 4.98 Å². The molecule has 0 aliphatic heterocycles. The van der Waals surface area contributed by atoms with Gasteiger partial charge in [-0.2, -0.15) is 0 Å². The molecule has 12 heavy (non-hydrogen) atoms. The number of carbonyl (C=O) groups excluding carboxylic acids is 1. The van der Waals surface area contributed by atoms with Crippen LogP contribution in [0.3, 0.4) is 0 Å². The summed E-state index contributed by atoms with van der Waals surface area (Å²) in [6, 6.07) is 1.54. The number of rotatable bonds is 1. The molecule has 1 rings (SSSR count). The topological polar surface area (TPSA) is 56.0 Å². The molecule has 0 atom stereocenters. The molecule has 0 saturated heterocycles. The van der Waals surface area contributed by atoms with Gasteiger partial charge in [-0.05, 0) is 13.0 Å². The average molecular weight is 205 g/mol. The van der Waals surface area contributed by atoms with Crippen LogP contribution < -0.4 is 5.73 Å². The zero-order valence-corrected chi connectivity index (χ0v) is 7.78. The second-order valence-electron chi connectivity index (χ2n) is 2.28. The standard InChI is InChI=1S/C7H6Cl2N2O/c1-3-2-4(8)5(7(10)12)6(9)11-3/h2H,1H3,(H2,10,12). The SMILES string of the molecule is Cc1cc(Cl)c(C(N)=O)c(Cl)n1. The Morgan fingerprint density at radius 1 is 1.58 bits per heavy atom. The van der Waals surface area contributed by atoms with Crippen molar-refractivity contribution in [3.05, 3.63) is 27.5 Å². The Morgan fingerprint density at radius 2 is 2.17 bits per heavy atom. The monoisotopic (exact) mass is 204 g/mol. The number of halogens is 2. The zero-order valence-electron chi connectivity index (χ0n) is 6.27. The van der Waals surface area contributed by atoms with Gasteiger partial charge < -0.3 is 5.73 Å². The molecular formula is C7H6Cl2N2O. The Bertz CT molecular complexity index is 315. The Morgan fingerprint density at radius 3 is 2.58 bits per heavy atom. The van der Waals surface area contributed by atoms with Crippen molar-refractivity contribution in [3.63, 3.8) is 0 Å². The van der Waals surface area contributed by atoms with Crippen LogP contribution in [0.2, 0.25) is 10.2 Å². The lowest BCUT2D eigenvalue weighted by molar-refractivity contribution is 0.100. The summed E-state index contributed by atoms with van der Waals surface area (Å²) in [5, 5.41) is 0.285. The van der Waals surface area contributed by atoms with Crippen molar-refractivity contribution in [3.8, 4) is 0 Å². The van der Waals surface area contributed by atoms with Crippen molar-refractivity contribution in [2.75, 3.05) is 0 Å². The predicted molar refractivity (Wildman–Crippen MR) is 47.5 cm³/mol. The quantitative estimate of drug-likeness (QED) is 0.710. The molecule has 0 aliphatic rings. The molecule has 0 bridgehead atoms. The predicted octanol–water partition coefficient (Wildman–Crippen LogP) is 1.80. The van der Waals surface area contributed by atoms with Gasteiger partial charge >= 0.3 is 0 Å². The van der Waals surface area contributed by atoms with Crippen LogP contribution in [0.15, 0.2) is 6.07 Å². The number of aromatic nitrogens is 1. The first-order valence-corrected chi connectivity index (χ1v) is 3.90. The van der Waals surface area contributed by atoms with E-state index < -0.39 is 5.91 Å².